The molecule has 0 N–H and O–H groups in total. The summed E-state index contributed by atoms with van der Waals surface area (Å²) in [4.78, 5) is 18.2. The second kappa shape index (κ2) is 3.83. The zero-order valence-electron chi connectivity index (χ0n) is 7.38. The van der Waals surface area contributed by atoms with Crippen molar-refractivity contribution in [2.75, 3.05) is 0 Å². The minimum Gasteiger partial charge on any atom is -0.441 e. The number of hydrogen-bond acceptors (Lipinski definition) is 4. The Kier molecular flexibility index (Phi) is 2.36. The van der Waals surface area contributed by atoms with Gasteiger partial charge in [0.2, 0.25) is 5.89 Å². The minimum absolute atomic E-state index is 0.257. The summed E-state index contributed by atoms with van der Waals surface area (Å²) < 4.78 is 5.33. The van der Waals surface area contributed by atoms with Gasteiger partial charge in [-0.05, 0) is 12.1 Å². The lowest BCUT2D eigenvalue weighted by Crippen LogP contribution is -1.79. The predicted molar refractivity (Wildman–Crippen MR) is 49.5 cm³/mol. The number of hydrogen-bond donors (Lipinski definition) is 0. The van der Waals surface area contributed by atoms with Crippen molar-refractivity contribution in [1.29, 1.82) is 0 Å². The summed E-state index contributed by atoms with van der Waals surface area (Å²) in [6, 6.07) is 3.66. The van der Waals surface area contributed by atoms with Crippen LogP contribution in [0.15, 0.2) is 35.1 Å². The largest absolute Gasteiger partial charge is 0.441 e. The first kappa shape index (κ1) is 8.62. The normalized spacial score (nSPS) is 10.0. The van der Waals surface area contributed by atoms with Crippen LogP contribution in [0.3, 0.4) is 0 Å². The molecule has 0 saturated heterocycles. The van der Waals surface area contributed by atoms with Crippen LogP contribution in [0.2, 0.25) is 0 Å². The van der Waals surface area contributed by atoms with Crippen molar-refractivity contribution in [3.05, 3.63) is 36.5 Å². The van der Waals surface area contributed by atoms with Crippen LogP contribution in [0.1, 0.15) is 5.76 Å². The van der Waals surface area contributed by atoms with E-state index >= 15 is 0 Å². The van der Waals surface area contributed by atoms with Crippen LogP contribution in [0.4, 0.5) is 0 Å². The van der Waals surface area contributed by atoms with Gasteiger partial charge in [-0.3, -0.25) is 4.98 Å². The number of carbonyl (C=O) groups excluding carboxylic acids is 1. The zero-order chi connectivity index (χ0) is 9.80. The first-order valence-electron chi connectivity index (χ1n) is 4.19. The maximum absolute atomic E-state index is 10.2. The summed E-state index contributed by atoms with van der Waals surface area (Å²) in [5, 5.41) is 0. The Hall–Kier alpha value is -1.97. The summed E-state index contributed by atoms with van der Waals surface area (Å²) >= 11 is 0. The monoisotopic (exact) mass is 188 g/mol. The lowest BCUT2D eigenvalue weighted by atomic mass is 10.3. The van der Waals surface area contributed by atoms with E-state index in [2.05, 4.69) is 9.97 Å². The molecule has 0 fully saturated rings. The number of oxazole rings is 1. The molecular weight excluding hydrogens is 180 g/mol. The van der Waals surface area contributed by atoms with Gasteiger partial charge in [-0.2, -0.15) is 0 Å². The van der Waals surface area contributed by atoms with Gasteiger partial charge in [0.25, 0.3) is 0 Å². The molecule has 0 atom stereocenters. The maximum atomic E-state index is 10.2. The van der Waals surface area contributed by atoms with E-state index in [9.17, 15) is 4.79 Å². The van der Waals surface area contributed by atoms with Crippen LogP contribution in [-0.4, -0.2) is 16.3 Å². The lowest BCUT2D eigenvalue weighted by Gasteiger charge is -1.91. The number of nitrogens with zero attached hydrogens (tertiary/aromatic N) is 2. The molecule has 0 aliphatic heterocycles. The van der Waals surface area contributed by atoms with Gasteiger partial charge in [-0.1, -0.05) is 0 Å². The van der Waals surface area contributed by atoms with Crippen LogP contribution in [0.5, 0.6) is 0 Å². The summed E-state index contributed by atoms with van der Waals surface area (Å²) in [6.07, 6.45) is 5.94. The van der Waals surface area contributed by atoms with E-state index < -0.39 is 0 Å². The Morgan fingerprint density at radius 2 is 2.36 bits per heavy atom. The van der Waals surface area contributed by atoms with Crippen LogP contribution >= 0.6 is 0 Å². The van der Waals surface area contributed by atoms with E-state index in [0.717, 1.165) is 11.8 Å². The molecule has 2 rings (SSSR count). The van der Waals surface area contributed by atoms with Crippen molar-refractivity contribution >= 4 is 6.29 Å². The van der Waals surface area contributed by atoms with E-state index in [1.165, 1.54) is 0 Å². The smallest absolute Gasteiger partial charge is 0.227 e. The van der Waals surface area contributed by atoms with Crippen LogP contribution in [0, 0.1) is 0 Å². The van der Waals surface area contributed by atoms with Gasteiger partial charge in [-0.25, -0.2) is 4.98 Å². The number of pyridine rings is 1. The summed E-state index contributed by atoms with van der Waals surface area (Å²) in [7, 11) is 0. The predicted octanol–water partition coefficient (Wildman–Crippen LogP) is 1.48. The highest BCUT2D eigenvalue weighted by molar-refractivity contribution is 5.55. The third-order valence-electron chi connectivity index (χ3n) is 1.75. The van der Waals surface area contributed by atoms with Crippen LogP contribution in [0.25, 0.3) is 11.5 Å². The molecule has 2 heterocycles. The zero-order valence-corrected chi connectivity index (χ0v) is 7.38. The molecule has 0 radical (unpaired) electrons. The van der Waals surface area contributed by atoms with E-state index in [4.69, 9.17) is 4.42 Å². The van der Waals surface area contributed by atoms with Gasteiger partial charge < -0.3 is 9.21 Å². The molecule has 70 valence electrons. The summed E-state index contributed by atoms with van der Waals surface area (Å²) in [5.74, 6) is 1.06. The number of rotatable bonds is 3. The van der Waals surface area contributed by atoms with E-state index in [0.29, 0.717) is 11.7 Å². The van der Waals surface area contributed by atoms with E-state index in [-0.39, 0.29) is 6.42 Å². The Balaban J connectivity index is 2.29. The Bertz CT molecular complexity index is 423. The molecule has 0 bridgehead atoms. The van der Waals surface area contributed by atoms with Crippen LogP contribution in [-0.2, 0) is 11.2 Å². The summed E-state index contributed by atoms with van der Waals surface area (Å²) in [6.45, 7) is 0. The molecule has 0 amide bonds. The quantitative estimate of drug-likeness (QED) is 0.684. The van der Waals surface area contributed by atoms with Crippen LogP contribution < -0.4 is 0 Å². The molecule has 0 unspecified atom stereocenters. The third-order valence-corrected chi connectivity index (χ3v) is 1.75. The Labute approximate surface area is 80.6 Å². The van der Waals surface area contributed by atoms with E-state index in [1.54, 1.807) is 24.7 Å². The number of carbonyl (C=O) groups is 1. The standard InChI is InChI=1S/C10H8N2O2/c13-5-3-9-7-12-10(14-9)8-2-1-4-11-6-8/h1-2,4-7H,3H2. The van der Waals surface area contributed by atoms with Gasteiger partial charge >= 0.3 is 0 Å². The van der Waals surface area contributed by atoms with Crippen molar-refractivity contribution in [2.24, 2.45) is 0 Å². The second-order valence-corrected chi connectivity index (χ2v) is 2.74. The highest BCUT2D eigenvalue weighted by Crippen LogP contribution is 2.17. The van der Waals surface area contributed by atoms with Gasteiger partial charge in [0, 0.05) is 12.4 Å². The molecule has 0 spiro atoms. The topological polar surface area (TPSA) is 56.0 Å². The van der Waals surface area contributed by atoms with Crippen molar-refractivity contribution in [3.8, 4) is 11.5 Å². The van der Waals surface area contributed by atoms with Gasteiger partial charge in [0.05, 0.1) is 18.2 Å². The van der Waals surface area contributed by atoms with Crippen molar-refractivity contribution < 1.29 is 9.21 Å². The van der Waals surface area contributed by atoms with Gasteiger partial charge in [0.1, 0.15) is 12.0 Å². The van der Waals surface area contributed by atoms with Crippen molar-refractivity contribution in [3.63, 3.8) is 0 Å². The Morgan fingerprint density at radius 1 is 1.43 bits per heavy atom. The van der Waals surface area contributed by atoms with Gasteiger partial charge in [-0.15, -0.1) is 0 Å². The van der Waals surface area contributed by atoms with Crippen molar-refractivity contribution in [2.45, 2.75) is 6.42 Å². The summed E-state index contributed by atoms with van der Waals surface area (Å²) in [5.41, 5.74) is 0.810. The fraction of sp³-hybridized carbons (Fsp3) is 0.100. The first-order chi connectivity index (χ1) is 6.90. The van der Waals surface area contributed by atoms with E-state index in [1.807, 2.05) is 6.07 Å². The number of aromatic nitrogens is 2. The average Bonchev–Trinajstić information content (AvgIpc) is 2.68. The lowest BCUT2D eigenvalue weighted by molar-refractivity contribution is -0.107. The number of aldehydes is 1. The Morgan fingerprint density at radius 3 is 3.07 bits per heavy atom. The molecule has 4 nitrogen and oxygen atoms in total. The fourth-order valence-electron chi connectivity index (χ4n) is 1.11. The van der Waals surface area contributed by atoms with Gasteiger partial charge in [0.15, 0.2) is 0 Å². The molecule has 4 heteroatoms. The highest BCUT2D eigenvalue weighted by Gasteiger charge is 2.05. The SMILES string of the molecule is O=CCc1cnc(-c2cccnc2)o1. The first-order valence-corrected chi connectivity index (χ1v) is 4.19. The molecule has 0 aromatic carbocycles. The maximum Gasteiger partial charge on any atom is 0.227 e. The molecule has 0 aliphatic rings. The molecule has 0 aliphatic carbocycles. The second-order valence-electron chi connectivity index (χ2n) is 2.74. The molecule has 2 aromatic rings. The minimum atomic E-state index is 0.257. The highest BCUT2D eigenvalue weighted by atomic mass is 16.4. The third kappa shape index (κ3) is 1.69. The molecule has 0 saturated carbocycles. The molecular formula is C10H8N2O2. The fourth-order valence-corrected chi connectivity index (χ4v) is 1.11. The average molecular weight is 188 g/mol. The molecule has 14 heavy (non-hydrogen) atoms. The van der Waals surface area contributed by atoms with Crippen molar-refractivity contribution in [1.82, 2.24) is 9.97 Å². The molecule has 2 aromatic heterocycles.